The molecule has 1 aromatic carbocycles. The Hall–Kier alpha value is -0.470. The van der Waals surface area contributed by atoms with Gasteiger partial charge in [0, 0.05) is 16.7 Å². The Bertz CT molecular complexity index is 318. The lowest BCUT2D eigenvalue weighted by Gasteiger charge is -2.22. The van der Waals surface area contributed by atoms with Gasteiger partial charge in [-0.15, -0.1) is 11.8 Å². The average Bonchev–Trinajstić information content (AvgIpc) is 2.33. The smallest absolute Gasteiger partial charge is 0.0213 e. The summed E-state index contributed by atoms with van der Waals surface area (Å²) in [4.78, 5) is 1.48. The van der Waals surface area contributed by atoms with Crippen molar-refractivity contribution in [1.29, 1.82) is 0 Å². The van der Waals surface area contributed by atoms with E-state index in [0.717, 1.165) is 11.8 Å². The maximum atomic E-state index is 3.25. The molecule has 0 aliphatic heterocycles. The predicted octanol–water partition coefficient (Wildman–Crippen LogP) is 3.83. The molecule has 1 aliphatic carbocycles. The Morgan fingerprint density at radius 3 is 2.69 bits per heavy atom. The third-order valence-electron chi connectivity index (χ3n) is 3.19. The summed E-state index contributed by atoms with van der Waals surface area (Å²) in [5.74, 6) is 0. The molecule has 0 atom stereocenters. The highest BCUT2D eigenvalue weighted by atomic mass is 32.2. The van der Waals surface area contributed by atoms with Gasteiger partial charge in [-0.3, -0.25) is 0 Å². The molecule has 0 unspecified atom stereocenters. The van der Waals surface area contributed by atoms with E-state index in [2.05, 4.69) is 41.3 Å². The lowest BCUT2D eigenvalue weighted by Crippen LogP contribution is -2.10. The van der Waals surface area contributed by atoms with Crippen LogP contribution in [-0.4, -0.2) is 12.3 Å². The zero-order chi connectivity index (χ0) is 11.2. The van der Waals surface area contributed by atoms with Gasteiger partial charge in [0.05, 0.1) is 0 Å². The molecule has 88 valence electrons. The highest BCUT2D eigenvalue weighted by Gasteiger charge is 2.15. The van der Waals surface area contributed by atoms with Crippen LogP contribution in [0.3, 0.4) is 0 Å². The van der Waals surface area contributed by atoms with Crippen molar-refractivity contribution < 1.29 is 0 Å². The summed E-state index contributed by atoms with van der Waals surface area (Å²) in [6.07, 6.45) is 7.09. The number of nitrogens with one attached hydrogen (secondary N) is 1. The second kappa shape index (κ2) is 6.31. The first kappa shape index (κ1) is 12.0. The molecule has 1 saturated carbocycles. The van der Waals surface area contributed by atoms with Gasteiger partial charge in [-0.2, -0.15) is 0 Å². The van der Waals surface area contributed by atoms with Crippen LogP contribution in [0.5, 0.6) is 0 Å². The Morgan fingerprint density at radius 1 is 1.19 bits per heavy atom. The van der Waals surface area contributed by atoms with Gasteiger partial charge < -0.3 is 5.32 Å². The summed E-state index contributed by atoms with van der Waals surface area (Å²) >= 11 is 2.09. The van der Waals surface area contributed by atoms with Crippen molar-refractivity contribution in [3.63, 3.8) is 0 Å². The molecule has 0 amide bonds. The van der Waals surface area contributed by atoms with Gasteiger partial charge in [-0.1, -0.05) is 37.5 Å². The lowest BCUT2D eigenvalue weighted by molar-refractivity contribution is 0.516. The summed E-state index contributed by atoms with van der Waals surface area (Å²) in [5.41, 5.74) is 1.44. The highest BCUT2D eigenvalue weighted by Crippen LogP contribution is 2.35. The summed E-state index contributed by atoms with van der Waals surface area (Å²) in [5, 5.41) is 4.10. The fourth-order valence-corrected chi connectivity index (χ4v) is 3.69. The summed E-state index contributed by atoms with van der Waals surface area (Å²) in [6, 6.07) is 8.80. The molecule has 0 heterocycles. The van der Waals surface area contributed by atoms with Gasteiger partial charge in [0.25, 0.3) is 0 Å². The summed E-state index contributed by atoms with van der Waals surface area (Å²) < 4.78 is 0. The van der Waals surface area contributed by atoms with Crippen molar-refractivity contribution in [2.75, 3.05) is 7.05 Å². The van der Waals surface area contributed by atoms with Crippen LogP contribution in [-0.2, 0) is 6.54 Å². The van der Waals surface area contributed by atoms with E-state index in [1.165, 1.54) is 42.6 Å². The predicted molar refractivity (Wildman–Crippen MR) is 71.9 cm³/mol. The molecular weight excluding hydrogens is 214 g/mol. The van der Waals surface area contributed by atoms with Crippen molar-refractivity contribution in [2.45, 2.75) is 48.8 Å². The maximum absolute atomic E-state index is 3.25. The first-order valence-electron chi connectivity index (χ1n) is 6.29. The monoisotopic (exact) mass is 235 g/mol. The molecule has 0 bridgehead atoms. The Morgan fingerprint density at radius 2 is 1.94 bits per heavy atom. The Labute approximate surface area is 103 Å². The van der Waals surface area contributed by atoms with E-state index in [1.54, 1.807) is 0 Å². The number of hydrogen-bond donors (Lipinski definition) is 1. The third kappa shape index (κ3) is 3.26. The van der Waals surface area contributed by atoms with E-state index in [0.29, 0.717) is 0 Å². The third-order valence-corrected chi connectivity index (χ3v) is 4.64. The van der Waals surface area contributed by atoms with Crippen LogP contribution in [0.2, 0.25) is 0 Å². The lowest BCUT2D eigenvalue weighted by atomic mass is 10.0. The fraction of sp³-hybridized carbons (Fsp3) is 0.571. The molecule has 2 heteroatoms. The van der Waals surface area contributed by atoms with E-state index in [4.69, 9.17) is 0 Å². The molecule has 0 aromatic heterocycles. The molecule has 1 aliphatic rings. The number of benzene rings is 1. The van der Waals surface area contributed by atoms with Crippen molar-refractivity contribution in [1.82, 2.24) is 5.32 Å². The largest absolute Gasteiger partial charge is 0.316 e. The van der Waals surface area contributed by atoms with E-state index in [1.807, 2.05) is 7.05 Å². The van der Waals surface area contributed by atoms with Crippen LogP contribution in [0.15, 0.2) is 29.2 Å². The van der Waals surface area contributed by atoms with Crippen molar-refractivity contribution in [3.8, 4) is 0 Å². The van der Waals surface area contributed by atoms with E-state index >= 15 is 0 Å². The van der Waals surface area contributed by atoms with Gasteiger partial charge in [-0.25, -0.2) is 0 Å². The van der Waals surface area contributed by atoms with Crippen LogP contribution >= 0.6 is 11.8 Å². The number of hydrogen-bond acceptors (Lipinski definition) is 2. The van der Waals surface area contributed by atoms with E-state index in [9.17, 15) is 0 Å². The molecule has 1 nitrogen and oxygen atoms in total. The van der Waals surface area contributed by atoms with Crippen molar-refractivity contribution in [2.24, 2.45) is 0 Å². The van der Waals surface area contributed by atoms with Crippen LogP contribution in [0.25, 0.3) is 0 Å². The fourth-order valence-electron chi connectivity index (χ4n) is 2.32. The van der Waals surface area contributed by atoms with Gasteiger partial charge in [0.15, 0.2) is 0 Å². The van der Waals surface area contributed by atoms with Crippen LogP contribution < -0.4 is 5.32 Å². The standard InChI is InChI=1S/C14H21NS/c1-15-11-12-7-5-6-10-14(12)16-13-8-3-2-4-9-13/h5-7,10,13,15H,2-4,8-9,11H2,1H3. The van der Waals surface area contributed by atoms with Gasteiger partial charge in [-0.05, 0) is 31.5 Å². The Balaban J connectivity index is 2.01. The number of rotatable bonds is 4. The quantitative estimate of drug-likeness (QED) is 0.851. The van der Waals surface area contributed by atoms with Gasteiger partial charge in [0.1, 0.15) is 0 Å². The molecule has 1 fully saturated rings. The first-order chi connectivity index (χ1) is 7.90. The first-order valence-corrected chi connectivity index (χ1v) is 7.17. The van der Waals surface area contributed by atoms with Gasteiger partial charge in [0.2, 0.25) is 0 Å². The minimum atomic E-state index is 0.853. The topological polar surface area (TPSA) is 12.0 Å². The van der Waals surface area contributed by atoms with Gasteiger partial charge >= 0.3 is 0 Å². The van der Waals surface area contributed by atoms with Crippen molar-refractivity contribution >= 4 is 11.8 Å². The van der Waals surface area contributed by atoms with E-state index < -0.39 is 0 Å². The maximum Gasteiger partial charge on any atom is 0.0213 e. The molecule has 16 heavy (non-hydrogen) atoms. The van der Waals surface area contributed by atoms with E-state index in [-0.39, 0.29) is 0 Å². The SMILES string of the molecule is CNCc1ccccc1SC1CCCCC1. The second-order valence-electron chi connectivity index (χ2n) is 4.52. The number of thioether (sulfide) groups is 1. The molecular formula is C14H21NS. The zero-order valence-corrected chi connectivity index (χ0v) is 10.9. The summed E-state index contributed by atoms with van der Waals surface area (Å²) in [7, 11) is 2.02. The molecule has 1 N–H and O–H groups in total. The Kier molecular flexibility index (Phi) is 4.73. The molecule has 0 spiro atoms. The normalized spacial score (nSPS) is 17.6. The second-order valence-corrected chi connectivity index (χ2v) is 5.86. The molecule has 0 saturated heterocycles. The minimum Gasteiger partial charge on any atom is -0.316 e. The van der Waals surface area contributed by atoms with Crippen LogP contribution in [0, 0.1) is 0 Å². The highest BCUT2D eigenvalue weighted by molar-refractivity contribution is 8.00. The van der Waals surface area contributed by atoms with Crippen LogP contribution in [0.4, 0.5) is 0 Å². The van der Waals surface area contributed by atoms with Crippen LogP contribution in [0.1, 0.15) is 37.7 Å². The molecule has 0 radical (unpaired) electrons. The molecule has 1 aromatic rings. The average molecular weight is 235 g/mol. The van der Waals surface area contributed by atoms with Crippen molar-refractivity contribution in [3.05, 3.63) is 29.8 Å². The zero-order valence-electron chi connectivity index (χ0n) is 10.0. The summed E-state index contributed by atoms with van der Waals surface area (Å²) in [6.45, 7) is 0.982. The molecule has 2 rings (SSSR count). The minimum absolute atomic E-state index is 0.853.